The van der Waals surface area contributed by atoms with Gasteiger partial charge in [-0.15, -0.1) is 0 Å². The largest absolute Gasteiger partial charge is 0.241 e. The summed E-state index contributed by atoms with van der Waals surface area (Å²) < 4.78 is 55.0. The molecule has 1 heterocycles. The molecule has 1 aromatic heterocycles. The molecule has 2 nitrogen and oxygen atoms in total. The molecule has 0 N–H and O–H groups in total. The van der Waals surface area contributed by atoms with Crippen molar-refractivity contribution in [1.82, 2.24) is 9.97 Å². The Kier molecular flexibility index (Phi) is 7.02. The van der Waals surface area contributed by atoms with E-state index < -0.39 is 17.5 Å². The lowest BCUT2D eigenvalue weighted by atomic mass is 9.98. The van der Waals surface area contributed by atoms with Crippen LogP contribution in [0.3, 0.4) is 0 Å². The summed E-state index contributed by atoms with van der Waals surface area (Å²) in [6.07, 6.45) is 7.66. The van der Waals surface area contributed by atoms with Gasteiger partial charge in [0.1, 0.15) is 11.6 Å². The second kappa shape index (κ2) is 10.1. The lowest BCUT2D eigenvalue weighted by Crippen LogP contribution is -2.00. The van der Waals surface area contributed by atoms with Crippen molar-refractivity contribution < 1.29 is 17.6 Å². The number of aryl methyl sites for hydroxylation is 5. The van der Waals surface area contributed by atoms with Gasteiger partial charge in [-0.25, -0.2) is 27.5 Å². The minimum absolute atomic E-state index is 0.200. The topological polar surface area (TPSA) is 25.8 Å². The van der Waals surface area contributed by atoms with Crippen LogP contribution in [0.15, 0.2) is 54.9 Å². The van der Waals surface area contributed by atoms with Gasteiger partial charge in [0.2, 0.25) is 0 Å². The van der Waals surface area contributed by atoms with E-state index in [4.69, 9.17) is 0 Å². The number of hydrogen-bond acceptors (Lipinski definition) is 2. The molecule has 0 aliphatic heterocycles. The fourth-order valence-electron chi connectivity index (χ4n) is 3.95. The van der Waals surface area contributed by atoms with Crippen LogP contribution in [0, 0.1) is 23.3 Å². The smallest absolute Gasteiger partial charge is 0.194 e. The SMILES string of the molecule is CCCc1cnc(CCc2ccc3c(F)c(CCc4cc(F)c(F)c(F)c4)ccc3c2)nc1. The second-order valence-corrected chi connectivity index (χ2v) is 8.23. The molecule has 0 unspecified atom stereocenters. The van der Waals surface area contributed by atoms with Crippen LogP contribution < -0.4 is 0 Å². The molecule has 0 aliphatic rings. The first kappa shape index (κ1) is 22.9. The number of rotatable bonds is 8. The van der Waals surface area contributed by atoms with Crippen LogP contribution in [0.25, 0.3) is 10.8 Å². The predicted molar refractivity (Wildman–Crippen MR) is 121 cm³/mol. The highest BCUT2D eigenvalue weighted by atomic mass is 19.2. The first-order chi connectivity index (χ1) is 15.9. The Morgan fingerprint density at radius 3 is 2.03 bits per heavy atom. The normalized spacial score (nSPS) is 11.3. The Labute approximate surface area is 190 Å². The maximum absolute atomic E-state index is 15.0. The molecule has 6 heteroatoms. The number of halogens is 4. The van der Waals surface area contributed by atoms with Gasteiger partial charge in [0.15, 0.2) is 17.5 Å². The summed E-state index contributed by atoms with van der Waals surface area (Å²) >= 11 is 0. The minimum Gasteiger partial charge on any atom is -0.241 e. The van der Waals surface area contributed by atoms with Crippen molar-refractivity contribution in [2.45, 2.75) is 45.4 Å². The van der Waals surface area contributed by atoms with Gasteiger partial charge in [0.25, 0.3) is 0 Å². The summed E-state index contributed by atoms with van der Waals surface area (Å²) in [7, 11) is 0. The van der Waals surface area contributed by atoms with E-state index in [1.54, 1.807) is 12.1 Å². The summed E-state index contributed by atoms with van der Waals surface area (Å²) in [6, 6.07) is 11.0. The van der Waals surface area contributed by atoms with Gasteiger partial charge in [-0.05, 0) is 65.5 Å². The van der Waals surface area contributed by atoms with E-state index in [2.05, 4.69) is 16.9 Å². The number of aromatic nitrogens is 2. The molecular formula is C27H24F4N2. The molecule has 0 amide bonds. The van der Waals surface area contributed by atoms with Crippen LogP contribution in [0.1, 0.15) is 41.4 Å². The van der Waals surface area contributed by atoms with Crippen molar-refractivity contribution in [3.63, 3.8) is 0 Å². The van der Waals surface area contributed by atoms with E-state index in [-0.39, 0.29) is 24.2 Å². The molecule has 0 atom stereocenters. The maximum Gasteiger partial charge on any atom is 0.194 e. The van der Waals surface area contributed by atoms with Crippen molar-refractivity contribution >= 4 is 10.8 Å². The lowest BCUT2D eigenvalue weighted by molar-refractivity contribution is 0.445. The highest BCUT2D eigenvalue weighted by Crippen LogP contribution is 2.25. The Bertz CT molecular complexity index is 1250. The van der Waals surface area contributed by atoms with Crippen molar-refractivity contribution in [2.24, 2.45) is 0 Å². The molecule has 0 aliphatic carbocycles. The van der Waals surface area contributed by atoms with Crippen LogP contribution in [-0.4, -0.2) is 9.97 Å². The van der Waals surface area contributed by atoms with Crippen LogP contribution in [0.4, 0.5) is 17.6 Å². The summed E-state index contributed by atoms with van der Waals surface area (Å²) in [5.41, 5.74) is 2.92. The minimum atomic E-state index is -1.49. The maximum atomic E-state index is 15.0. The Hall–Kier alpha value is -3.28. The van der Waals surface area contributed by atoms with Crippen LogP contribution in [-0.2, 0) is 32.1 Å². The quantitative estimate of drug-likeness (QED) is 0.219. The third-order valence-corrected chi connectivity index (χ3v) is 5.76. The first-order valence-electron chi connectivity index (χ1n) is 11.1. The molecule has 170 valence electrons. The monoisotopic (exact) mass is 452 g/mol. The third kappa shape index (κ3) is 5.38. The fraction of sp³-hybridized carbons (Fsp3) is 0.259. The zero-order valence-electron chi connectivity index (χ0n) is 18.3. The van der Waals surface area contributed by atoms with Crippen LogP contribution in [0.5, 0.6) is 0 Å². The second-order valence-electron chi connectivity index (χ2n) is 8.23. The molecule has 4 rings (SSSR count). The zero-order chi connectivity index (χ0) is 23.4. The summed E-state index contributed by atoms with van der Waals surface area (Å²) in [5, 5.41) is 1.28. The summed E-state index contributed by atoms with van der Waals surface area (Å²) in [5.74, 6) is -3.54. The Morgan fingerprint density at radius 1 is 0.636 bits per heavy atom. The van der Waals surface area contributed by atoms with Gasteiger partial charge in [0.05, 0.1) is 0 Å². The average Bonchev–Trinajstić information content (AvgIpc) is 2.82. The number of hydrogen-bond donors (Lipinski definition) is 0. The van der Waals surface area contributed by atoms with Gasteiger partial charge in [0, 0.05) is 24.2 Å². The van der Waals surface area contributed by atoms with E-state index in [0.29, 0.717) is 17.4 Å². The molecule has 0 radical (unpaired) electrons. The average molecular weight is 452 g/mol. The summed E-state index contributed by atoms with van der Waals surface area (Å²) in [6.45, 7) is 2.12. The standard InChI is InChI=1S/C27H24F4N2/c1-2-3-19-15-32-25(33-16-19)11-6-17-5-10-22-21(12-17)9-8-20(26(22)30)7-4-18-13-23(28)27(31)24(29)14-18/h5,8-10,12-16H,2-4,6-7,11H2,1H3. The molecule has 0 saturated heterocycles. The molecule has 0 spiro atoms. The van der Waals surface area contributed by atoms with Gasteiger partial charge >= 0.3 is 0 Å². The zero-order valence-corrected chi connectivity index (χ0v) is 18.3. The predicted octanol–water partition coefficient (Wildman–Crippen LogP) is 6.71. The fourth-order valence-corrected chi connectivity index (χ4v) is 3.95. The Morgan fingerprint density at radius 2 is 1.33 bits per heavy atom. The first-order valence-corrected chi connectivity index (χ1v) is 11.1. The van der Waals surface area contributed by atoms with Gasteiger partial charge in [-0.3, -0.25) is 0 Å². The lowest BCUT2D eigenvalue weighted by Gasteiger charge is -2.09. The van der Waals surface area contributed by atoms with E-state index >= 15 is 4.39 Å². The Balaban J connectivity index is 1.44. The van der Waals surface area contributed by atoms with Crippen molar-refractivity contribution in [3.05, 3.63) is 106 Å². The van der Waals surface area contributed by atoms with Crippen molar-refractivity contribution in [1.29, 1.82) is 0 Å². The summed E-state index contributed by atoms with van der Waals surface area (Å²) in [4.78, 5) is 8.85. The molecule has 0 fully saturated rings. The highest BCUT2D eigenvalue weighted by Gasteiger charge is 2.13. The number of fused-ring (bicyclic) bond motifs is 1. The van der Waals surface area contributed by atoms with Crippen LogP contribution in [0.2, 0.25) is 0 Å². The van der Waals surface area contributed by atoms with Gasteiger partial charge in [-0.2, -0.15) is 0 Å². The molecule has 33 heavy (non-hydrogen) atoms. The van der Waals surface area contributed by atoms with Crippen molar-refractivity contribution in [3.8, 4) is 0 Å². The van der Waals surface area contributed by atoms with Gasteiger partial charge < -0.3 is 0 Å². The molecule has 3 aromatic carbocycles. The van der Waals surface area contributed by atoms with Gasteiger partial charge in [-0.1, -0.05) is 43.7 Å². The van der Waals surface area contributed by atoms with Crippen LogP contribution >= 0.6 is 0 Å². The van der Waals surface area contributed by atoms with Crippen molar-refractivity contribution in [2.75, 3.05) is 0 Å². The molecule has 4 aromatic rings. The van der Waals surface area contributed by atoms with E-state index in [0.717, 1.165) is 53.7 Å². The number of nitrogens with zero attached hydrogens (tertiary/aromatic N) is 2. The highest BCUT2D eigenvalue weighted by molar-refractivity contribution is 5.84. The van der Waals surface area contributed by atoms with E-state index in [1.807, 2.05) is 30.6 Å². The molecular weight excluding hydrogens is 428 g/mol. The van der Waals surface area contributed by atoms with E-state index in [1.165, 1.54) is 0 Å². The molecule has 0 saturated carbocycles. The third-order valence-electron chi connectivity index (χ3n) is 5.76. The van der Waals surface area contributed by atoms with E-state index in [9.17, 15) is 13.2 Å². The molecule has 0 bridgehead atoms. The number of benzene rings is 3.